The highest BCUT2D eigenvalue weighted by atomic mass is 32.1. The first kappa shape index (κ1) is 18.9. The second kappa shape index (κ2) is 8.72. The van der Waals surface area contributed by atoms with E-state index in [1.54, 1.807) is 11.3 Å². The highest BCUT2D eigenvalue weighted by Gasteiger charge is 2.31. The van der Waals surface area contributed by atoms with Crippen LogP contribution in [-0.2, 0) is 16.0 Å². The van der Waals surface area contributed by atoms with Gasteiger partial charge in [-0.25, -0.2) is 4.98 Å². The molecule has 2 aliphatic carbocycles. The first-order chi connectivity index (χ1) is 13.2. The predicted molar refractivity (Wildman–Crippen MR) is 107 cm³/mol. The molecular formula is C21H31N3O2S. The number of carbonyl (C=O) groups excluding carboxylic acids is 2. The van der Waals surface area contributed by atoms with E-state index in [0.717, 1.165) is 63.7 Å². The highest BCUT2D eigenvalue weighted by Crippen LogP contribution is 2.32. The highest BCUT2D eigenvalue weighted by molar-refractivity contribution is 7.09. The molecule has 2 heterocycles. The van der Waals surface area contributed by atoms with Gasteiger partial charge in [-0.15, -0.1) is 11.3 Å². The second-order valence-electron chi connectivity index (χ2n) is 8.45. The Morgan fingerprint density at radius 1 is 1.07 bits per heavy atom. The number of nitrogens with one attached hydrogen (secondary N) is 1. The normalized spacial score (nSPS) is 24.0. The number of aromatic nitrogens is 1. The van der Waals surface area contributed by atoms with Gasteiger partial charge in [0.15, 0.2) is 0 Å². The van der Waals surface area contributed by atoms with Crippen molar-refractivity contribution >= 4 is 23.2 Å². The number of thiazole rings is 1. The number of hydrogen-bond acceptors (Lipinski definition) is 4. The predicted octanol–water partition coefficient (Wildman–Crippen LogP) is 3.50. The zero-order valence-electron chi connectivity index (χ0n) is 16.1. The molecule has 0 aromatic carbocycles. The lowest BCUT2D eigenvalue weighted by Gasteiger charge is -2.35. The molecule has 1 aromatic heterocycles. The van der Waals surface area contributed by atoms with Gasteiger partial charge in [-0.05, 0) is 38.5 Å². The maximum atomic E-state index is 12.9. The minimum absolute atomic E-state index is 0.203. The van der Waals surface area contributed by atoms with Crippen LogP contribution in [0.15, 0.2) is 5.38 Å². The molecule has 6 heteroatoms. The van der Waals surface area contributed by atoms with Gasteiger partial charge >= 0.3 is 0 Å². The Bertz CT molecular complexity index is 664. The Balaban J connectivity index is 1.28. The fourth-order valence-corrected chi connectivity index (χ4v) is 5.40. The first-order valence-corrected chi connectivity index (χ1v) is 11.6. The summed E-state index contributed by atoms with van der Waals surface area (Å²) in [6, 6.07) is 0. The van der Waals surface area contributed by atoms with Crippen molar-refractivity contribution in [3.63, 3.8) is 0 Å². The van der Waals surface area contributed by atoms with E-state index in [1.807, 2.05) is 0 Å². The van der Waals surface area contributed by atoms with E-state index in [1.165, 1.54) is 24.3 Å². The minimum atomic E-state index is 0.203. The van der Waals surface area contributed by atoms with Crippen molar-refractivity contribution in [2.45, 2.75) is 70.1 Å². The van der Waals surface area contributed by atoms with Crippen molar-refractivity contribution < 1.29 is 9.59 Å². The molecule has 5 nitrogen and oxygen atoms in total. The summed E-state index contributed by atoms with van der Waals surface area (Å²) in [6.07, 6.45) is 11.0. The van der Waals surface area contributed by atoms with Crippen LogP contribution < -0.4 is 5.32 Å². The molecule has 3 aliphatic rings. The summed E-state index contributed by atoms with van der Waals surface area (Å²) in [5.41, 5.74) is 1.07. The number of likely N-dealkylation sites (tertiary alicyclic amines) is 1. The van der Waals surface area contributed by atoms with E-state index in [4.69, 9.17) is 4.98 Å². The maximum Gasteiger partial charge on any atom is 0.225 e. The maximum absolute atomic E-state index is 12.9. The quantitative estimate of drug-likeness (QED) is 0.810. The molecular weight excluding hydrogens is 358 g/mol. The van der Waals surface area contributed by atoms with Crippen molar-refractivity contribution in [1.29, 1.82) is 0 Å². The number of hydrogen-bond donors (Lipinski definition) is 1. The third-order valence-corrected chi connectivity index (χ3v) is 7.29. The molecule has 1 saturated heterocycles. The topological polar surface area (TPSA) is 62.3 Å². The number of amides is 2. The van der Waals surface area contributed by atoms with Gasteiger partial charge in [-0.3, -0.25) is 9.59 Å². The van der Waals surface area contributed by atoms with Crippen molar-refractivity contribution in [2.75, 3.05) is 19.6 Å². The van der Waals surface area contributed by atoms with E-state index in [-0.39, 0.29) is 17.7 Å². The number of piperidine rings is 1. The lowest BCUT2D eigenvalue weighted by atomic mass is 9.87. The van der Waals surface area contributed by atoms with Gasteiger partial charge in [-0.1, -0.05) is 19.3 Å². The molecule has 0 radical (unpaired) electrons. The van der Waals surface area contributed by atoms with Crippen LogP contribution in [0.3, 0.4) is 0 Å². The van der Waals surface area contributed by atoms with Gasteiger partial charge in [0, 0.05) is 49.2 Å². The smallest absolute Gasteiger partial charge is 0.225 e. The van der Waals surface area contributed by atoms with Crippen LogP contribution in [0.25, 0.3) is 0 Å². The fraction of sp³-hybridized carbons (Fsp3) is 0.762. The molecule has 2 amide bonds. The van der Waals surface area contributed by atoms with Crippen LogP contribution in [-0.4, -0.2) is 41.3 Å². The molecule has 4 rings (SSSR count). The molecule has 3 fully saturated rings. The Labute approximate surface area is 165 Å². The Hall–Kier alpha value is -1.43. The van der Waals surface area contributed by atoms with Gasteiger partial charge in [0.2, 0.25) is 11.8 Å². The zero-order chi connectivity index (χ0) is 18.6. The summed E-state index contributed by atoms with van der Waals surface area (Å²) in [6.45, 7) is 2.42. The summed E-state index contributed by atoms with van der Waals surface area (Å²) < 4.78 is 0. The van der Waals surface area contributed by atoms with Gasteiger partial charge in [-0.2, -0.15) is 0 Å². The van der Waals surface area contributed by atoms with Gasteiger partial charge in [0.05, 0.1) is 10.7 Å². The van der Waals surface area contributed by atoms with E-state index >= 15 is 0 Å². The molecule has 1 aliphatic heterocycles. The van der Waals surface area contributed by atoms with E-state index in [9.17, 15) is 9.59 Å². The molecule has 2 saturated carbocycles. The molecule has 1 atom stereocenters. The van der Waals surface area contributed by atoms with Crippen molar-refractivity contribution in [3.05, 3.63) is 16.1 Å². The molecule has 148 valence electrons. The van der Waals surface area contributed by atoms with Crippen LogP contribution in [0.1, 0.15) is 74.4 Å². The average Bonchev–Trinajstić information content (AvgIpc) is 3.47. The average molecular weight is 390 g/mol. The van der Waals surface area contributed by atoms with E-state index < -0.39 is 0 Å². The standard InChI is InChI=1S/C21H31N3O2S/c25-19(15-8-9-15)22-11-10-18-14-27-20(23-18)17-7-4-12-24(13-17)21(26)16-5-2-1-3-6-16/h14-17H,1-13H2,(H,22,25). The summed E-state index contributed by atoms with van der Waals surface area (Å²) >= 11 is 1.72. The second-order valence-corrected chi connectivity index (χ2v) is 9.34. The van der Waals surface area contributed by atoms with Crippen LogP contribution in [0, 0.1) is 11.8 Å². The first-order valence-electron chi connectivity index (χ1n) is 10.7. The van der Waals surface area contributed by atoms with Gasteiger partial charge in [0.25, 0.3) is 0 Å². The fourth-order valence-electron chi connectivity index (χ4n) is 4.42. The Morgan fingerprint density at radius 2 is 1.89 bits per heavy atom. The van der Waals surface area contributed by atoms with Gasteiger partial charge < -0.3 is 10.2 Å². The van der Waals surface area contributed by atoms with Crippen molar-refractivity contribution in [3.8, 4) is 0 Å². The summed E-state index contributed by atoms with van der Waals surface area (Å²) in [5.74, 6) is 1.50. The van der Waals surface area contributed by atoms with Gasteiger partial charge in [0.1, 0.15) is 0 Å². The van der Waals surface area contributed by atoms with E-state index in [2.05, 4.69) is 15.6 Å². The number of nitrogens with zero attached hydrogens (tertiary/aromatic N) is 2. The zero-order valence-corrected chi connectivity index (χ0v) is 16.9. The van der Waals surface area contributed by atoms with Crippen molar-refractivity contribution in [2.24, 2.45) is 11.8 Å². The van der Waals surface area contributed by atoms with Crippen LogP contribution in [0.4, 0.5) is 0 Å². The van der Waals surface area contributed by atoms with Crippen LogP contribution in [0.2, 0.25) is 0 Å². The Kier molecular flexibility index (Phi) is 6.11. The lowest BCUT2D eigenvalue weighted by molar-refractivity contribution is -0.137. The largest absolute Gasteiger partial charge is 0.355 e. The Morgan fingerprint density at radius 3 is 2.67 bits per heavy atom. The molecule has 27 heavy (non-hydrogen) atoms. The molecule has 0 bridgehead atoms. The summed E-state index contributed by atoms with van der Waals surface area (Å²) in [4.78, 5) is 31.5. The molecule has 1 N–H and O–H groups in total. The van der Waals surface area contributed by atoms with Crippen LogP contribution >= 0.6 is 11.3 Å². The summed E-state index contributed by atoms with van der Waals surface area (Å²) in [7, 11) is 0. The number of carbonyl (C=O) groups is 2. The minimum Gasteiger partial charge on any atom is -0.355 e. The molecule has 1 aromatic rings. The summed E-state index contributed by atoms with van der Waals surface area (Å²) in [5, 5.41) is 6.30. The van der Waals surface area contributed by atoms with Crippen LogP contribution in [0.5, 0.6) is 0 Å². The molecule has 1 unspecified atom stereocenters. The lowest BCUT2D eigenvalue weighted by Crippen LogP contribution is -2.42. The monoisotopic (exact) mass is 389 g/mol. The number of rotatable bonds is 6. The third-order valence-electron chi connectivity index (χ3n) is 6.23. The SMILES string of the molecule is O=C(NCCc1csc(C2CCCN(C(=O)C3CCCCC3)C2)n1)C1CC1. The molecule has 0 spiro atoms. The third kappa shape index (κ3) is 4.89. The van der Waals surface area contributed by atoms with Crippen molar-refractivity contribution in [1.82, 2.24) is 15.2 Å². The van der Waals surface area contributed by atoms with E-state index in [0.29, 0.717) is 18.4 Å².